The lowest BCUT2D eigenvalue weighted by molar-refractivity contribution is -0.384. The molecule has 1 N–H and O–H groups in total. The predicted molar refractivity (Wildman–Crippen MR) is 68.5 cm³/mol. The molecule has 1 aromatic carbocycles. The van der Waals surface area contributed by atoms with E-state index in [2.05, 4.69) is 12.2 Å². The lowest BCUT2D eigenvalue weighted by Gasteiger charge is -2.28. The second kappa shape index (κ2) is 5.04. The molecule has 5 nitrogen and oxygen atoms in total. The van der Waals surface area contributed by atoms with Gasteiger partial charge in [0, 0.05) is 30.3 Å². The number of ether oxygens (including phenoxy) is 1. The Morgan fingerprint density at radius 2 is 2.33 bits per heavy atom. The molecule has 0 radical (unpaired) electrons. The lowest BCUT2D eigenvalue weighted by Crippen LogP contribution is -2.44. The summed E-state index contributed by atoms with van der Waals surface area (Å²) < 4.78 is 5.39. The minimum Gasteiger partial charge on any atom is -0.379 e. The standard InChI is InChI=1S/C13H18N2O3/c1-10(14-13(2)6-7-18-9-13)11-4-3-5-12(8-11)15(16)17/h3-5,8,10,14H,6-7,9H2,1-2H3/t10-,13+/m0/s1. The Hall–Kier alpha value is -1.46. The van der Waals surface area contributed by atoms with Crippen LogP contribution >= 0.6 is 0 Å². The van der Waals surface area contributed by atoms with E-state index >= 15 is 0 Å². The summed E-state index contributed by atoms with van der Waals surface area (Å²) in [6.45, 7) is 5.59. The molecule has 1 saturated heterocycles. The number of hydrogen-bond acceptors (Lipinski definition) is 4. The summed E-state index contributed by atoms with van der Waals surface area (Å²) in [6.07, 6.45) is 0.965. The van der Waals surface area contributed by atoms with Gasteiger partial charge in [-0.25, -0.2) is 0 Å². The maximum atomic E-state index is 10.7. The summed E-state index contributed by atoms with van der Waals surface area (Å²) in [7, 11) is 0. The van der Waals surface area contributed by atoms with Crippen molar-refractivity contribution >= 4 is 5.69 Å². The summed E-state index contributed by atoms with van der Waals surface area (Å²) in [5.74, 6) is 0. The molecule has 0 amide bonds. The molecule has 0 spiro atoms. The van der Waals surface area contributed by atoms with Crippen LogP contribution in [0.2, 0.25) is 0 Å². The molecule has 1 heterocycles. The molecule has 2 atom stereocenters. The van der Waals surface area contributed by atoms with E-state index in [1.165, 1.54) is 6.07 Å². The van der Waals surface area contributed by atoms with Gasteiger partial charge in [0.15, 0.2) is 0 Å². The third-order valence-corrected chi connectivity index (χ3v) is 3.36. The van der Waals surface area contributed by atoms with Crippen LogP contribution < -0.4 is 5.32 Å². The summed E-state index contributed by atoms with van der Waals surface area (Å²) in [5.41, 5.74) is 1.02. The zero-order chi connectivity index (χ0) is 13.2. The molecule has 0 saturated carbocycles. The Morgan fingerprint density at radius 1 is 1.56 bits per heavy atom. The second-order valence-electron chi connectivity index (χ2n) is 5.08. The highest BCUT2D eigenvalue weighted by Crippen LogP contribution is 2.25. The van der Waals surface area contributed by atoms with Gasteiger partial charge in [-0.05, 0) is 25.8 Å². The first-order valence-electron chi connectivity index (χ1n) is 6.10. The number of nitro groups is 1. The Balaban J connectivity index is 2.10. The SMILES string of the molecule is C[C@H](N[C@]1(C)CCOC1)c1cccc([N+](=O)[O-])c1. The second-order valence-corrected chi connectivity index (χ2v) is 5.08. The van der Waals surface area contributed by atoms with Gasteiger partial charge in [0.2, 0.25) is 0 Å². The molecule has 18 heavy (non-hydrogen) atoms. The first-order valence-corrected chi connectivity index (χ1v) is 6.10. The highest BCUT2D eigenvalue weighted by Gasteiger charge is 2.31. The first-order chi connectivity index (χ1) is 8.50. The van der Waals surface area contributed by atoms with Crippen LogP contribution in [-0.2, 0) is 4.74 Å². The molecular weight excluding hydrogens is 232 g/mol. The van der Waals surface area contributed by atoms with E-state index < -0.39 is 0 Å². The first kappa shape index (κ1) is 13.0. The van der Waals surface area contributed by atoms with Crippen LogP contribution in [0.5, 0.6) is 0 Å². The number of rotatable bonds is 4. The monoisotopic (exact) mass is 250 g/mol. The van der Waals surface area contributed by atoms with Gasteiger partial charge < -0.3 is 10.1 Å². The predicted octanol–water partition coefficient (Wildman–Crippen LogP) is 2.42. The fourth-order valence-corrected chi connectivity index (χ4v) is 2.29. The minimum atomic E-state index is -0.364. The van der Waals surface area contributed by atoms with Crippen molar-refractivity contribution in [2.24, 2.45) is 0 Å². The van der Waals surface area contributed by atoms with Gasteiger partial charge in [-0.3, -0.25) is 10.1 Å². The summed E-state index contributed by atoms with van der Waals surface area (Å²) in [4.78, 5) is 10.4. The summed E-state index contributed by atoms with van der Waals surface area (Å²) in [5, 5.41) is 14.2. The van der Waals surface area contributed by atoms with Crippen LogP contribution in [0.25, 0.3) is 0 Å². The average Bonchev–Trinajstić information content (AvgIpc) is 2.76. The fraction of sp³-hybridized carbons (Fsp3) is 0.538. The number of hydrogen-bond donors (Lipinski definition) is 1. The third-order valence-electron chi connectivity index (χ3n) is 3.36. The number of benzene rings is 1. The molecule has 1 aliphatic rings. The highest BCUT2D eigenvalue weighted by atomic mass is 16.6. The van der Waals surface area contributed by atoms with Crippen LogP contribution in [-0.4, -0.2) is 23.7 Å². The van der Waals surface area contributed by atoms with Crippen molar-refractivity contribution in [3.8, 4) is 0 Å². The van der Waals surface area contributed by atoms with Gasteiger partial charge in [-0.1, -0.05) is 12.1 Å². The minimum absolute atomic E-state index is 0.0377. The molecule has 5 heteroatoms. The van der Waals surface area contributed by atoms with Crippen molar-refractivity contribution in [3.05, 3.63) is 39.9 Å². The van der Waals surface area contributed by atoms with Crippen molar-refractivity contribution in [1.82, 2.24) is 5.32 Å². The average molecular weight is 250 g/mol. The molecule has 1 fully saturated rings. The normalized spacial score (nSPS) is 25.0. The van der Waals surface area contributed by atoms with E-state index in [1.54, 1.807) is 12.1 Å². The van der Waals surface area contributed by atoms with E-state index in [0.29, 0.717) is 6.61 Å². The third kappa shape index (κ3) is 2.86. The van der Waals surface area contributed by atoms with Gasteiger partial charge in [0.1, 0.15) is 0 Å². The van der Waals surface area contributed by atoms with E-state index in [-0.39, 0.29) is 22.2 Å². The molecule has 0 bridgehead atoms. The largest absolute Gasteiger partial charge is 0.379 e. The molecular formula is C13H18N2O3. The van der Waals surface area contributed by atoms with Crippen LogP contribution in [0.4, 0.5) is 5.69 Å². The topological polar surface area (TPSA) is 64.4 Å². The maximum Gasteiger partial charge on any atom is 0.269 e. The molecule has 1 aromatic rings. The Kier molecular flexibility index (Phi) is 3.63. The van der Waals surface area contributed by atoms with Crippen molar-refractivity contribution in [1.29, 1.82) is 0 Å². The smallest absolute Gasteiger partial charge is 0.269 e. The van der Waals surface area contributed by atoms with Gasteiger partial charge in [-0.15, -0.1) is 0 Å². The number of nitrogens with zero attached hydrogens (tertiary/aromatic N) is 1. The molecule has 1 aliphatic heterocycles. The highest BCUT2D eigenvalue weighted by molar-refractivity contribution is 5.35. The van der Waals surface area contributed by atoms with E-state index in [0.717, 1.165) is 18.6 Å². The fourth-order valence-electron chi connectivity index (χ4n) is 2.29. The molecule has 2 rings (SSSR count). The number of non-ortho nitro benzene ring substituents is 1. The van der Waals surface area contributed by atoms with Crippen LogP contribution in [0, 0.1) is 10.1 Å². The van der Waals surface area contributed by atoms with Gasteiger partial charge >= 0.3 is 0 Å². The zero-order valence-electron chi connectivity index (χ0n) is 10.7. The maximum absolute atomic E-state index is 10.7. The van der Waals surface area contributed by atoms with Gasteiger partial charge in [0.05, 0.1) is 11.5 Å². The van der Waals surface area contributed by atoms with Crippen molar-refractivity contribution < 1.29 is 9.66 Å². The Labute approximate surface area is 106 Å². The van der Waals surface area contributed by atoms with Crippen molar-refractivity contribution in [2.45, 2.75) is 31.8 Å². The molecule has 0 unspecified atom stereocenters. The van der Waals surface area contributed by atoms with E-state index in [4.69, 9.17) is 4.74 Å². The Bertz CT molecular complexity index is 442. The molecule has 0 aromatic heterocycles. The summed E-state index contributed by atoms with van der Waals surface area (Å²) in [6, 6.07) is 6.83. The quantitative estimate of drug-likeness (QED) is 0.658. The van der Waals surface area contributed by atoms with Crippen LogP contribution in [0.1, 0.15) is 31.9 Å². The molecule has 0 aliphatic carbocycles. The Morgan fingerprint density at radius 3 is 2.94 bits per heavy atom. The van der Waals surface area contributed by atoms with Crippen LogP contribution in [0.3, 0.4) is 0 Å². The number of nitrogens with one attached hydrogen (secondary N) is 1. The van der Waals surface area contributed by atoms with Gasteiger partial charge in [-0.2, -0.15) is 0 Å². The van der Waals surface area contributed by atoms with Crippen molar-refractivity contribution in [3.63, 3.8) is 0 Å². The zero-order valence-corrected chi connectivity index (χ0v) is 10.7. The van der Waals surface area contributed by atoms with Crippen molar-refractivity contribution in [2.75, 3.05) is 13.2 Å². The van der Waals surface area contributed by atoms with Crippen LogP contribution in [0.15, 0.2) is 24.3 Å². The summed E-state index contributed by atoms with van der Waals surface area (Å²) >= 11 is 0. The lowest BCUT2D eigenvalue weighted by atomic mass is 9.98. The number of nitro benzene ring substituents is 1. The molecule has 98 valence electrons. The van der Waals surface area contributed by atoms with E-state index in [1.807, 2.05) is 13.0 Å². The van der Waals surface area contributed by atoms with Gasteiger partial charge in [0.25, 0.3) is 5.69 Å². The van der Waals surface area contributed by atoms with E-state index in [9.17, 15) is 10.1 Å².